The third-order valence-corrected chi connectivity index (χ3v) is 2.84. The van der Waals surface area contributed by atoms with Gasteiger partial charge in [-0.2, -0.15) is 10.3 Å². The van der Waals surface area contributed by atoms with Crippen molar-refractivity contribution in [1.29, 1.82) is 0 Å². The highest BCUT2D eigenvalue weighted by Gasteiger charge is 2.23. The Morgan fingerprint density at radius 3 is 2.62 bits per heavy atom. The molecule has 1 aromatic heterocycles. The second-order valence-electron chi connectivity index (χ2n) is 4.49. The Bertz CT molecular complexity index is 664. The lowest BCUT2D eigenvalue weighted by Crippen LogP contribution is -2.22. The molecule has 0 radical (unpaired) electrons. The number of amides is 1. The van der Waals surface area contributed by atoms with E-state index in [9.17, 15) is 9.59 Å². The summed E-state index contributed by atoms with van der Waals surface area (Å²) in [6, 6.07) is 6.92. The number of aromatic amines is 1. The van der Waals surface area contributed by atoms with Crippen LogP contribution < -0.4 is 0 Å². The van der Waals surface area contributed by atoms with Crippen molar-refractivity contribution in [2.75, 3.05) is 20.7 Å². The molecule has 2 rings (SSSR count). The van der Waals surface area contributed by atoms with Crippen molar-refractivity contribution in [2.24, 2.45) is 0 Å². The molecule has 1 amide bonds. The lowest BCUT2D eigenvalue weighted by Gasteiger charge is -2.13. The van der Waals surface area contributed by atoms with E-state index in [2.05, 4.69) is 15.4 Å². The van der Waals surface area contributed by atoms with Gasteiger partial charge < -0.3 is 9.64 Å². The molecule has 0 saturated heterocycles. The van der Waals surface area contributed by atoms with Gasteiger partial charge in [0.05, 0.1) is 6.61 Å². The Hall–Kier alpha value is -2.70. The normalized spacial score (nSPS) is 10.2. The maximum absolute atomic E-state index is 12.2. The molecule has 0 saturated carbocycles. The number of aromatic nitrogens is 3. The Kier molecular flexibility index (Phi) is 4.32. The SMILES string of the molecule is CCOC(=O)c1n[nH]nc1-c1ccccc1C(=O)N(C)C. The fourth-order valence-corrected chi connectivity index (χ4v) is 1.88. The van der Waals surface area contributed by atoms with Crippen LogP contribution in [0.4, 0.5) is 0 Å². The highest BCUT2D eigenvalue weighted by Crippen LogP contribution is 2.25. The lowest BCUT2D eigenvalue weighted by atomic mass is 10.0. The fourth-order valence-electron chi connectivity index (χ4n) is 1.88. The van der Waals surface area contributed by atoms with Gasteiger partial charge in [-0.15, -0.1) is 5.10 Å². The average molecular weight is 288 g/mol. The minimum atomic E-state index is -0.576. The highest BCUT2D eigenvalue weighted by atomic mass is 16.5. The predicted octanol–water partition coefficient (Wildman–Crippen LogP) is 1.35. The number of benzene rings is 1. The number of hydrogen-bond acceptors (Lipinski definition) is 5. The molecule has 7 heteroatoms. The van der Waals surface area contributed by atoms with Gasteiger partial charge in [0.25, 0.3) is 5.91 Å². The summed E-state index contributed by atoms with van der Waals surface area (Å²) in [5.74, 6) is -0.753. The van der Waals surface area contributed by atoms with Crippen LogP contribution in [0.25, 0.3) is 11.3 Å². The minimum Gasteiger partial charge on any atom is -0.461 e. The average Bonchev–Trinajstić information content (AvgIpc) is 2.96. The largest absolute Gasteiger partial charge is 0.461 e. The molecule has 0 spiro atoms. The number of carbonyl (C=O) groups is 2. The molecule has 2 aromatic rings. The molecule has 7 nitrogen and oxygen atoms in total. The highest BCUT2D eigenvalue weighted by molar-refractivity contribution is 6.03. The van der Waals surface area contributed by atoms with Gasteiger partial charge >= 0.3 is 5.97 Å². The molecule has 0 aliphatic carbocycles. The quantitative estimate of drug-likeness (QED) is 0.858. The summed E-state index contributed by atoms with van der Waals surface area (Å²) in [5, 5.41) is 10.2. The number of esters is 1. The van der Waals surface area contributed by atoms with Crippen molar-refractivity contribution in [1.82, 2.24) is 20.3 Å². The van der Waals surface area contributed by atoms with E-state index in [0.29, 0.717) is 16.8 Å². The van der Waals surface area contributed by atoms with E-state index in [4.69, 9.17) is 4.74 Å². The van der Waals surface area contributed by atoms with Gasteiger partial charge in [-0.3, -0.25) is 4.79 Å². The first-order chi connectivity index (χ1) is 10.1. The summed E-state index contributed by atoms with van der Waals surface area (Å²) < 4.78 is 4.94. The molecule has 1 N–H and O–H groups in total. The van der Waals surface area contributed by atoms with E-state index in [1.165, 1.54) is 4.90 Å². The molecule has 0 aliphatic heterocycles. The summed E-state index contributed by atoms with van der Waals surface area (Å²) in [6.45, 7) is 1.95. The van der Waals surface area contributed by atoms with E-state index in [1.54, 1.807) is 45.3 Å². The second-order valence-corrected chi connectivity index (χ2v) is 4.49. The first-order valence-corrected chi connectivity index (χ1v) is 6.45. The third-order valence-electron chi connectivity index (χ3n) is 2.84. The molecule has 0 bridgehead atoms. The van der Waals surface area contributed by atoms with E-state index < -0.39 is 5.97 Å². The van der Waals surface area contributed by atoms with E-state index in [-0.39, 0.29) is 18.2 Å². The minimum absolute atomic E-state index is 0.0656. The number of hydrogen-bond donors (Lipinski definition) is 1. The van der Waals surface area contributed by atoms with Crippen LogP contribution in [0.5, 0.6) is 0 Å². The fraction of sp³-hybridized carbons (Fsp3) is 0.286. The molecule has 0 unspecified atom stereocenters. The van der Waals surface area contributed by atoms with Crippen LogP contribution in [0.3, 0.4) is 0 Å². The number of nitrogens with zero attached hydrogens (tertiary/aromatic N) is 3. The summed E-state index contributed by atoms with van der Waals surface area (Å²) in [5.41, 5.74) is 1.35. The standard InChI is InChI=1S/C14H16N4O3/c1-4-21-14(20)12-11(15-17-16-12)9-7-5-6-8-10(9)13(19)18(2)3/h5-8H,4H2,1-3H3,(H,15,16,17). The molecule has 21 heavy (non-hydrogen) atoms. The zero-order valence-corrected chi connectivity index (χ0v) is 12.1. The van der Waals surface area contributed by atoms with Gasteiger partial charge in [-0.1, -0.05) is 18.2 Å². The Balaban J connectivity index is 2.51. The van der Waals surface area contributed by atoms with Gasteiger partial charge in [-0.05, 0) is 13.0 Å². The summed E-state index contributed by atoms with van der Waals surface area (Å²) in [7, 11) is 3.32. The smallest absolute Gasteiger partial charge is 0.361 e. The summed E-state index contributed by atoms with van der Waals surface area (Å²) in [6.07, 6.45) is 0. The number of ether oxygens (including phenoxy) is 1. The van der Waals surface area contributed by atoms with Crippen molar-refractivity contribution in [3.63, 3.8) is 0 Å². The van der Waals surface area contributed by atoms with Crippen LogP contribution >= 0.6 is 0 Å². The van der Waals surface area contributed by atoms with Gasteiger partial charge in [0.15, 0.2) is 5.69 Å². The van der Waals surface area contributed by atoms with Crippen LogP contribution in [0.1, 0.15) is 27.8 Å². The van der Waals surface area contributed by atoms with Gasteiger partial charge in [0.1, 0.15) is 5.69 Å². The van der Waals surface area contributed by atoms with Crippen LogP contribution in [0, 0.1) is 0 Å². The summed E-state index contributed by atoms with van der Waals surface area (Å²) >= 11 is 0. The third kappa shape index (κ3) is 2.91. The van der Waals surface area contributed by atoms with Crippen LogP contribution in [-0.4, -0.2) is 52.9 Å². The lowest BCUT2D eigenvalue weighted by molar-refractivity contribution is 0.0520. The molecule has 0 atom stereocenters. The van der Waals surface area contributed by atoms with E-state index in [0.717, 1.165) is 0 Å². The number of rotatable bonds is 4. The molecule has 0 fully saturated rings. The first-order valence-electron chi connectivity index (χ1n) is 6.45. The molecule has 0 aliphatic rings. The molecule has 110 valence electrons. The van der Waals surface area contributed by atoms with E-state index >= 15 is 0 Å². The first kappa shape index (κ1) is 14.7. The molecular weight excluding hydrogens is 272 g/mol. The monoisotopic (exact) mass is 288 g/mol. The van der Waals surface area contributed by atoms with Crippen molar-refractivity contribution in [3.8, 4) is 11.3 Å². The second kappa shape index (κ2) is 6.17. The number of nitrogens with one attached hydrogen (secondary N) is 1. The van der Waals surface area contributed by atoms with Crippen molar-refractivity contribution in [2.45, 2.75) is 6.92 Å². The van der Waals surface area contributed by atoms with Crippen molar-refractivity contribution < 1.29 is 14.3 Å². The number of H-pyrrole nitrogens is 1. The van der Waals surface area contributed by atoms with Gasteiger partial charge in [-0.25, -0.2) is 4.79 Å². The maximum Gasteiger partial charge on any atom is 0.361 e. The van der Waals surface area contributed by atoms with Crippen LogP contribution in [0.2, 0.25) is 0 Å². The molecule has 1 aromatic carbocycles. The Morgan fingerprint density at radius 1 is 1.24 bits per heavy atom. The van der Waals surface area contributed by atoms with Crippen LogP contribution in [-0.2, 0) is 4.74 Å². The van der Waals surface area contributed by atoms with E-state index in [1.807, 2.05) is 0 Å². The summed E-state index contributed by atoms with van der Waals surface area (Å²) in [4.78, 5) is 25.6. The van der Waals surface area contributed by atoms with Crippen molar-refractivity contribution >= 4 is 11.9 Å². The maximum atomic E-state index is 12.2. The van der Waals surface area contributed by atoms with Crippen molar-refractivity contribution in [3.05, 3.63) is 35.5 Å². The molecular formula is C14H16N4O3. The van der Waals surface area contributed by atoms with Gasteiger partial charge in [0, 0.05) is 25.2 Å². The van der Waals surface area contributed by atoms with Gasteiger partial charge in [0.2, 0.25) is 0 Å². The predicted molar refractivity (Wildman–Crippen MR) is 75.8 cm³/mol. The number of carbonyl (C=O) groups excluding carboxylic acids is 2. The zero-order valence-electron chi connectivity index (χ0n) is 12.1. The molecule has 1 heterocycles. The Morgan fingerprint density at radius 2 is 1.95 bits per heavy atom. The van der Waals surface area contributed by atoms with Crippen LogP contribution in [0.15, 0.2) is 24.3 Å². The topological polar surface area (TPSA) is 88.2 Å². The zero-order chi connectivity index (χ0) is 15.4. The Labute approximate surface area is 121 Å².